The van der Waals surface area contributed by atoms with E-state index in [0.717, 1.165) is 12.0 Å². The number of rotatable bonds is 4. The highest BCUT2D eigenvalue weighted by Crippen LogP contribution is 2.46. The summed E-state index contributed by atoms with van der Waals surface area (Å²) < 4.78 is 33.8. The van der Waals surface area contributed by atoms with Crippen LogP contribution in [0.3, 0.4) is 0 Å². The summed E-state index contributed by atoms with van der Waals surface area (Å²) in [6, 6.07) is 8.08. The second-order valence-corrected chi connectivity index (χ2v) is 9.16. The zero-order valence-electron chi connectivity index (χ0n) is 17.7. The third-order valence-corrected chi connectivity index (χ3v) is 7.40. The number of fused-ring (bicyclic) bond motifs is 4. The summed E-state index contributed by atoms with van der Waals surface area (Å²) in [5.74, 6) is 2.40. The first-order valence-electron chi connectivity index (χ1n) is 11.2. The zero-order valence-corrected chi connectivity index (χ0v) is 17.7. The number of halogens is 2. The van der Waals surface area contributed by atoms with Crippen molar-refractivity contribution in [3.05, 3.63) is 54.4 Å². The molecule has 5 nitrogen and oxygen atoms in total. The van der Waals surface area contributed by atoms with Crippen molar-refractivity contribution in [1.82, 2.24) is 15.0 Å². The van der Waals surface area contributed by atoms with Crippen molar-refractivity contribution in [2.24, 2.45) is 17.8 Å². The quantitative estimate of drug-likeness (QED) is 0.390. The van der Waals surface area contributed by atoms with E-state index in [1.165, 1.54) is 31.7 Å². The standard InChI is InChI=1S/C25H24F2N4O/c1-13-14-4-6-15(7-5-14)23(13)30-22-11-20(21-3-2-8-32-21)29-25(31-22)18-12-28-24-17(18)9-16(26)10-19(24)27/h2-3,8-15,23,28H,4-7H2,1H3,(H,29,30,31)/t13-,14?,15?,23+/m0/s1. The number of nitrogens with one attached hydrogen (secondary N) is 2. The summed E-state index contributed by atoms with van der Waals surface area (Å²) in [6.45, 7) is 2.33. The highest BCUT2D eigenvalue weighted by molar-refractivity contribution is 5.94. The van der Waals surface area contributed by atoms with Crippen LogP contribution in [0.25, 0.3) is 33.7 Å². The molecule has 0 radical (unpaired) electrons. The van der Waals surface area contributed by atoms with Gasteiger partial charge in [-0.15, -0.1) is 0 Å². The lowest BCUT2D eigenvalue weighted by atomic mass is 9.62. The van der Waals surface area contributed by atoms with Crippen LogP contribution in [0.5, 0.6) is 0 Å². The van der Waals surface area contributed by atoms with Gasteiger partial charge in [-0.3, -0.25) is 0 Å². The Morgan fingerprint density at radius 1 is 1.06 bits per heavy atom. The maximum Gasteiger partial charge on any atom is 0.164 e. The molecule has 0 amide bonds. The average Bonchev–Trinajstić information content (AvgIpc) is 3.47. The minimum atomic E-state index is -0.640. The molecule has 0 saturated heterocycles. The van der Waals surface area contributed by atoms with Crippen molar-refractivity contribution in [1.29, 1.82) is 0 Å². The Morgan fingerprint density at radius 3 is 2.62 bits per heavy atom. The van der Waals surface area contributed by atoms with E-state index in [1.54, 1.807) is 12.5 Å². The topological polar surface area (TPSA) is 66.7 Å². The van der Waals surface area contributed by atoms with Crippen molar-refractivity contribution in [3.8, 4) is 22.8 Å². The number of furan rings is 1. The van der Waals surface area contributed by atoms with E-state index < -0.39 is 11.6 Å². The van der Waals surface area contributed by atoms with Crippen molar-refractivity contribution in [3.63, 3.8) is 0 Å². The molecule has 164 valence electrons. The van der Waals surface area contributed by atoms with Gasteiger partial charge in [0.05, 0.1) is 11.8 Å². The molecule has 32 heavy (non-hydrogen) atoms. The van der Waals surface area contributed by atoms with Crippen LogP contribution in [0.2, 0.25) is 0 Å². The Labute approximate surface area is 184 Å². The molecule has 7 rings (SSSR count). The number of benzene rings is 1. The molecule has 2 atom stereocenters. The van der Waals surface area contributed by atoms with E-state index in [1.807, 2.05) is 18.2 Å². The summed E-state index contributed by atoms with van der Waals surface area (Å²) in [5, 5.41) is 4.10. The molecule has 0 unspecified atom stereocenters. The fourth-order valence-corrected chi connectivity index (χ4v) is 5.70. The number of nitrogens with zero attached hydrogens (tertiary/aromatic N) is 2. The van der Waals surface area contributed by atoms with Crippen molar-refractivity contribution >= 4 is 16.7 Å². The second kappa shape index (κ2) is 7.43. The molecular formula is C25H24F2N4O. The molecule has 2 bridgehead atoms. The van der Waals surface area contributed by atoms with Gasteiger partial charge in [0.15, 0.2) is 11.6 Å². The minimum Gasteiger partial charge on any atom is -0.463 e. The van der Waals surface area contributed by atoms with Crippen molar-refractivity contribution < 1.29 is 13.2 Å². The lowest BCUT2D eigenvalue weighted by Crippen LogP contribution is -2.47. The molecule has 1 aromatic carbocycles. The van der Waals surface area contributed by atoms with Gasteiger partial charge in [-0.1, -0.05) is 6.92 Å². The summed E-state index contributed by atoms with van der Waals surface area (Å²) >= 11 is 0. The maximum atomic E-state index is 14.3. The van der Waals surface area contributed by atoms with E-state index in [-0.39, 0.29) is 5.52 Å². The van der Waals surface area contributed by atoms with Gasteiger partial charge in [0.25, 0.3) is 0 Å². The first kappa shape index (κ1) is 19.5. The van der Waals surface area contributed by atoms with Gasteiger partial charge in [0, 0.05) is 35.3 Å². The molecule has 0 aliphatic heterocycles. The number of H-pyrrole nitrogens is 1. The molecule has 7 heteroatoms. The average molecular weight is 434 g/mol. The first-order chi connectivity index (χ1) is 15.6. The largest absolute Gasteiger partial charge is 0.463 e. The van der Waals surface area contributed by atoms with Gasteiger partial charge in [0.1, 0.15) is 23.1 Å². The van der Waals surface area contributed by atoms with Gasteiger partial charge in [0.2, 0.25) is 0 Å². The van der Waals surface area contributed by atoms with Gasteiger partial charge >= 0.3 is 0 Å². The highest BCUT2D eigenvalue weighted by atomic mass is 19.1. The lowest BCUT2D eigenvalue weighted by molar-refractivity contribution is 0.0928. The van der Waals surface area contributed by atoms with Gasteiger partial charge < -0.3 is 14.7 Å². The monoisotopic (exact) mass is 434 g/mol. The fourth-order valence-electron chi connectivity index (χ4n) is 5.70. The smallest absolute Gasteiger partial charge is 0.164 e. The molecule has 0 spiro atoms. The van der Waals surface area contributed by atoms with Crippen molar-refractivity contribution in [2.75, 3.05) is 5.32 Å². The molecular weight excluding hydrogens is 410 g/mol. The maximum absolute atomic E-state index is 14.3. The first-order valence-corrected chi connectivity index (χ1v) is 11.2. The SMILES string of the molecule is C[C@H]1C2CCC(CC2)[C@@H]1Nc1cc(-c2ccco2)nc(-c2c[nH]c3c(F)cc(F)cc23)n1. The second-order valence-electron chi connectivity index (χ2n) is 9.16. The van der Waals surface area contributed by atoms with Crippen LogP contribution >= 0.6 is 0 Å². The van der Waals surface area contributed by atoms with Crippen LogP contribution in [0.15, 0.2) is 47.2 Å². The number of hydrogen-bond acceptors (Lipinski definition) is 4. The summed E-state index contributed by atoms with van der Waals surface area (Å²) in [6.07, 6.45) is 8.34. The Morgan fingerprint density at radius 2 is 1.88 bits per heavy atom. The predicted octanol–water partition coefficient (Wildman–Crippen LogP) is 6.40. The number of aromatic nitrogens is 3. The van der Waals surface area contributed by atoms with E-state index in [2.05, 4.69) is 22.2 Å². The Hall–Kier alpha value is -3.22. The molecule has 3 saturated carbocycles. The van der Waals surface area contributed by atoms with Gasteiger partial charge in [-0.2, -0.15) is 0 Å². The normalized spacial score (nSPS) is 24.8. The Bertz CT molecular complexity index is 1270. The molecule has 3 aliphatic carbocycles. The van der Waals surface area contributed by atoms with Crippen LogP contribution in [-0.2, 0) is 0 Å². The number of aromatic amines is 1. The van der Waals surface area contributed by atoms with E-state index in [4.69, 9.17) is 9.40 Å². The molecule has 3 fully saturated rings. The van der Waals surface area contributed by atoms with Gasteiger partial charge in [-0.05, 0) is 61.6 Å². The van der Waals surface area contributed by atoms with E-state index in [9.17, 15) is 8.78 Å². The lowest BCUT2D eigenvalue weighted by Gasteiger charge is -2.47. The van der Waals surface area contributed by atoms with Crippen LogP contribution < -0.4 is 5.32 Å². The van der Waals surface area contributed by atoms with Crippen molar-refractivity contribution in [2.45, 2.75) is 38.6 Å². The summed E-state index contributed by atoms with van der Waals surface area (Å²) in [4.78, 5) is 12.4. The van der Waals surface area contributed by atoms with Crippen LogP contribution in [0.4, 0.5) is 14.6 Å². The summed E-state index contributed by atoms with van der Waals surface area (Å²) in [7, 11) is 0. The third-order valence-electron chi connectivity index (χ3n) is 7.40. The Kier molecular flexibility index (Phi) is 4.52. The van der Waals surface area contributed by atoms with Gasteiger partial charge in [-0.25, -0.2) is 18.7 Å². The van der Waals surface area contributed by atoms with Crippen LogP contribution in [-0.4, -0.2) is 21.0 Å². The number of hydrogen-bond donors (Lipinski definition) is 2. The van der Waals surface area contributed by atoms with E-state index in [0.29, 0.717) is 51.9 Å². The predicted molar refractivity (Wildman–Crippen MR) is 119 cm³/mol. The molecule has 3 aromatic heterocycles. The molecule has 3 aliphatic rings. The zero-order chi connectivity index (χ0) is 21.8. The third kappa shape index (κ3) is 3.18. The molecule has 2 N–H and O–H groups in total. The molecule has 3 heterocycles. The fraction of sp³-hybridized carbons (Fsp3) is 0.360. The van der Waals surface area contributed by atoms with E-state index >= 15 is 0 Å². The Balaban J connectivity index is 1.46. The number of anilines is 1. The highest BCUT2D eigenvalue weighted by Gasteiger charge is 2.41. The minimum absolute atomic E-state index is 0.237. The van der Waals surface area contributed by atoms with Crippen LogP contribution in [0, 0.1) is 29.4 Å². The molecule has 4 aromatic rings. The summed E-state index contributed by atoms with van der Waals surface area (Å²) in [5.41, 5.74) is 1.41. The van der Waals surface area contributed by atoms with Crippen LogP contribution in [0.1, 0.15) is 32.6 Å².